The van der Waals surface area contributed by atoms with Crippen LogP contribution in [0.15, 0.2) is 25.9 Å². The lowest BCUT2D eigenvalue weighted by Gasteiger charge is -2.24. The third-order valence-electron chi connectivity index (χ3n) is 3.89. The Hall–Kier alpha value is -0.460. The van der Waals surface area contributed by atoms with E-state index < -0.39 is 0 Å². The van der Waals surface area contributed by atoms with Gasteiger partial charge < -0.3 is 4.98 Å². The van der Waals surface area contributed by atoms with Gasteiger partial charge in [-0.15, -0.1) is 0 Å². The summed E-state index contributed by atoms with van der Waals surface area (Å²) in [5.41, 5.74) is 0.785. The Morgan fingerprint density at radius 3 is 2.60 bits per heavy atom. The first kappa shape index (κ1) is 14.5. The number of fused-ring (bicyclic) bond motifs is 1. The molecule has 3 nitrogen and oxygen atoms in total. The molecular weight excluding hydrogens is 404 g/mol. The van der Waals surface area contributed by atoms with Crippen LogP contribution in [0.4, 0.5) is 0 Å². The number of nitrogens with zero attached hydrogens (tertiary/aromatic N) is 1. The zero-order valence-corrected chi connectivity index (χ0v) is 14.8. The summed E-state index contributed by atoms with van der Waals surface area (Å²) in [5, 5.41) is 0.672. The number of H-pyrrole nitrogens is 1. The van der Waals surface area contributed by atoms with Crippen LogP contribution >= 0.6 is 44.1 Å². The SMILES string of the molecule is O=c1c2cc(Br)cc(Br)c2[nH]c(=S)n1C1CCCCC1. The Bertz CT molecular complexity index is 775. The minimum atomic E-state index is 0.0117. The highest BCUT2D eigenvalue weighted by Gasteiger charge is 2.19. The molecule has 1 aliphatic rings. The molecule has 0 aliphatic heterocycles. The van der Waals surface area contributed by atoms with E-state index in [0.717, 1.165) is 27.3 Å². The lowest BCUT2D eigenvalue weighted by Crippen LogP contribution is -2.28. The average Bonchev–Trinajstić information content (AvgIpc) is 2.42. The van der Waals surface area contributed by atoms with Crippen LogP contribution in [-0.2, 0) is 0 Å². The molecule has 6 heteroatoms. The molecule has 1 heterocycles. The molecule has 0 spiro atoms. The van der Waals surface area contributed by atoms with Crippen LogP contribution in [0.2, 0.25) is 0 Å². The van der Waals surface area contributed by atoms with Gasteiger partial charge in [-0.2, -0.15) is 0 Å². The Labute approximate surface area is 138 Å². The molecule has 0 amide bonds. The number of aromatic amines is 1. The molecule has 1 saturated carbocycles. The summed E-state index contributed by atoms with van der Waals surface area (Å²) in [7, 11) is 0. The number of halogens is 2. The molecule has 20 heavy (non-hydrogen) atoms. The first-order chi connectivity index (χ1) is 9.58. The lowest BCUT2D eigenvalue weighted by molar-refractivity contribution is 0.342. The minimum absolute atomic E-state index is 0.0117. The maximum Gasteiger partial charge on any atom is 0.262 e. The van der Waals surface area contributed by atoms with Crippen molar-refractivity contribution < 1.29 is 0 Å². The number of aromatic nitrogens is 2. The fraction of sp³-hybridized carbons (Fsp3) is 0.429. The molecule has 1 fully saturated rings. The lowest BCUT2D eigenvalue weighted by atomic mass is 9.95. The molecular formula is C14H14Br2N2OS. The number of rotatable bonds is 1. The summed E-state index contributed by atoms with van der Waals surface area (Å²) in [6.07, 6.45) is 5.68. The summed E-state index contributed by atoms with van der Waals surface area (Å²) < 4.78 is 4.03. The fourth-order valence-corrected chi connectivity index (χ4v) is 4.59. The fourth-order valence-electron chi connectivity index (χ4n) is 2.93. The molecule has 1 aromatic heterocycles. The van der Waals surface area contributed by atoms with E-state index in [1.165, 1.54) is 19.3 Å². The standard InChI is InChI=1S/C14H14Br2N2OS/c15-8-6-10-12(11(16)7-8)17-14(20)18(13(10)19)9-4-2-1-3-5-9/h6-7,9H,1-5H2,(H,17,20). The summed E-state index contributed by atoms with van der Waals surface area (Å²) in [5.74, 6) is 0. The zero-order valence-electron chi connectivity index (χ0n) is 10.8. The van der Waals surface area contributed by atoms with Crippen molar-refractivity contribution in [3.63, 3.8) is 0 Å². The Morgan fingerprint density at radius 2 is 1.90 bits per heavy atom. The molecule has 1 aromatic carbocycles. The van der Waals surface area contributed by atoms with Crippen LogP contribution in [0.1, 0.15) is 38.1 Å². The van der Waals surface area contributed by atoms with Gasteiger partial charge in [0.2, 0.25) is 0 Å². The van der Waals surface area contributed by atoms with Gasteiger partial charge in [0, 0.05) is 15.0 Å². The normalized spacial score (nSPS) is 16.7. The Kier molecular flexibility index (Phi) is 4.15. The van der Waals surface area contributed by atoms with Crippen molar-refractivity contribution in [2.75, 3.05) is 0 Å². The number of benzene rings is 1. The van der Waals surface area contributed by atoms with Gasteiger partial charge in [-0.25, -0.2) is 0 Å². The highest BCUT2D eigenvalue weighted by atomic mass is 79.9. The van der Waals surface area contributed by atoms with Crippen molar-refractivity contribution in [3.05, 3.63) is 36.2 Å². The van der Waals surface area contributed by atoms with E-state index in [-0.39, 0.29) is 11.6 Å². The third-order valence-corrected chi connectivity index (χ3v) is 5.28. The van der Waals surface area contributed by atoms with Crippen LogP contribution in [0.3, 0.4) is 0 Å². The van der Waals surface area contributed by atoms with Crippen LogP contribution in [-0.4, -0.2) is 9.55 Å². The van der Waals surface area contributed by atoms with Crippen LogP contribution < -0.4 is 5.56 Å². The van der Waals surface area contributed by atoms with E-state index in [1.807, 2.05) is 12.1 Å². The second-order valence-electron chi connectivity index (χ2n) is 5.21. The van der Waals surface area contributed by atoms with Gasteiger partial charge in [0.1, 0.15) is 0 Å². The second kappa shape index (κ2) is 5.73. The average molecular weight is 418 g/mol. The third kappa shape index (κ3) is 2.53. The van der Waals surface area contributed by atoms with Crippen molar-refractivity contribution in [1.29, 1.82) is 0 Å². The number of hydrogen-bond acceptors (Lipinski definition) is 2. The molecule has 0 bridgehead atoms. The largest absolute Gasteiger partial charge is 0.331 e. The number of hydrogen-bond donors (Lipinski definition) is 1. The Balaban J connectivity index is 2.28. The van der Waals surface area contributed by atoms with Crippen molar-refractivity contribution in [2.24, 2.45) is 0 Å². The van der Waals surface area contributed by atoms with Crippen molar-refractivity contribution in [2.45, 2.75) is 38.1 Å². The quantitative estimate of drug-likeness (QED) is 0.656. The van der Waals surface area contributed by atoms with E-state index in [0.29, 0.717) is 10.2 Å². The van der Waals surface area contributed by atoms with Crippen LogP contribution in [0, 0.1) is 4.77 Å². The zero-order chi connectivity index (χ0) is 14.3. The summed E-state index contributed by atoms with van der Waals surface area (Å²) in [6.45, 7) is 0. The molecule has 0 saturated heterocycles. The van der Waals surface area contributed by atoms with Crippen LogP contribution in [0.5, 0.6) is 0 Å². The molecule has 2 aromatic rings. The summed E-state index contributed by atoms with van der Waals surface area (Å²) in [4.78, 5) is 16.0. The molecule has 1 aliphatic carbocycles. The minimum Gasteiger partial charge on any atom is -0.331 e. The van der Waals surface area contributed by atoms with E-state index in [9.17, 15) is 4.79 Å². The smallest absolute Gasteiger partial charge is 0.262 e. The van der Waals surface area contributed by atoms with Gasteiger partial charge in [0.05, 0.1) is 10.9 Å². The molecule has 0 atom stereocenters. The summed E-state index contributed by atoms with van der Waals surface area (Å²) in [6, 6.07) is 4.01. The highest BCUT2D eigenvalue weighted by Crippen LogP contribution is 2.29. The van der Waals surface area contributed by atoms with E-state index in [4.69, 9.17) is 12.2 Å². The van der Waals surface area contributed by atoms with Crippen molar-refractivity contribution in [1.82, 2.24) is 9.55 Å². The summed E-state index contributed by atoms with van der Waals surface area (Å²) >= 11 is 12.3. The van der Waals surface area contributed by atoms with E-state index in [1.54, 1.807) is 4.57 Å². The van der Waals surface area contributed by atoms with Gasteiger partial charge >= 0.3 is 0 Å². The van der Waals surface area contributed by atoms with Crippen molar-refractivity contribution >= 4 is 55.0 Å². The molecule has 106 valence electrons. The first-order valence-corrected chi connectivity index (χ1v) is 8.71. The molecule has 0 radical (unpaired) electrons. The van der Waals surface area contributed by atoms with Gasteiger partial charge in [-0.3, -0.25) is 9.36 Å². The van der Waals surface area contributed by atoms with Gasteiger partial charge in [0.25, 0.3) is 5.56 Å². The monoisotopic (exact) mass is 416 g/mol. The van der Waals surface area contributed by atoms with Gasteiger partial charge in [-0.1, -0.05) is 35.2 Å². The van der Waals surface area contributed by atoms with E-state index in [2.05, 4.69) is 36.8 Å². The molecule has 0 unspecified atom stereocenters. The predicted octanol–water partition coefficient (Wildman–Crippen LogP) is 5.09. The molecule has 1 N–H and O–H groups in total. The van der Waals surface area contributed by atoms with Gasteiger partial charge in [0.15, 0.2) is 4.77 Å². The van der Waals surface area contributed by atoms with Crippen LogP contribution in [0.25, 0.3) is 10.9 Å². The van der Waals surface area contributed by atoms with Gasteiger partial charge in [-0.05, 0) is 53.1 Å². The second-order valence-corrected chi connectivity index (χ2v) is 7.36. The maximum atomic E-state index is 12.8. The predicted molar refractivity (Wildman–Crippen MR) is 90.9 cm³/mol. The van der Waals surface area contributed by atoms with Crippen molar-refractivity contribution in [3.8, 4) is 0 Å². The first-order valence-electron chi connectivity index (χ1n) is 6.71. The Morgan fingerprint density at radius 1 is 1.20 bits per heavy atom. The number of nitrogens with one attached hydrogen (secondary N) is 1. The maximum absolute atomic E-state index is 12.8. The van der Waals surface area contributed by atoms with E-state index >= 15 is 0 Å². The molecule has 3 rings (SSSR count). The highest BCUT2D eigenvalue weighted by molar-refractivity contribution is 9.11. The topological polar surface area (TPSA) is 37.8 Å².